The maximum absolute atomic E-state index is 3.04. The molecule has 0 amide bonds. The van der Waals surface area contributed by atoms with Crippen molar-refractivity contribution in [2.75, 3.05) is 0 Å². The van der Waals surface area contributed by atoms with Crippen LogP contribution in [0.1, 0.15) is 576 Å². The van der Waals surface area contributed by atoms with Gasteiger partial charge in [0, 0.05) is 0 Å². The Labute approximate surface area is 710 Å². The molecule has 0 aromatic heterocycles. The minimum atomic E-state index is 0.181. The second-order valence-electron chi connectivity index (χ2n) is 46.0. The summed E-state index contributed by atoms with van der Waals surface area (Å²) < 4.78 is 0. The molecule has 5 fully saturated rings. The van der Waals surface area contributed by atoms with Crippen molar-refractivity contribution in [3.8, 4) is 0 Å². The van der Waals surface area contributed by atoms with E-state index in [0.29, 0.717) is 58.7 Å². The average molecular weight is 1560 g/mol. The van der Waals surface area contributed by atoms with Gasteiger partial charge in [-0.3, -0.25) is 0 Å². The van der Waals surface area contributed by atoms with Gasteiger partial charge >= 0.3 is 0 Å². The van der Waals surface area contributed by atoms with Crippen molar-refractivity contribution in [3.05, 3.63) is 0 Å². The number of hydrogen-bond acceptors (Lipinski definition) is 0. The number of rotatable bonds is 1. The third-order valence-corrected chi connectivity index (χ3v) is 39.2. The third kappa shape index (κ3) is 33.3. The fourth-order valence-corrected chi connectivity index (χ4v) is 27.4. The first-order chi connectivity index (χ1) is 53.7. The zero-order valence-corrected chi connectivity index (χ0v) is 81.8. The van der Waals surface area contributed by atoms with Gasteiger partial charge in [-0.1, -0.05) is 524 Å². The number of fused-ring (bicyclic) bond motifs is 40. The lowest BCUT2D eigenvalue weighted by Gasteiger charge is -2.67. The first-order valence-corrected chi connectivity index (χ1v) is 53.7. The molecule has 0 nitrogen and oxygen atoms in total. The van der Waals surface area contributed by atoms with Gasteiger partial charge in [0.05, 0.1) is 0 Å². The standard InChI is InChI=1S/C112H216/c1-89-77-65-53-41-29-22-23-31-43-55-67-79-103(80-68-56-44-32-25-37-49-61-73-85-108(89,15)16)105-82-70-58-46-33-24-30-42-54-66-78-90(2)110(19)86-74-62-50-38-26-35-48-60-72-84-107(105)106-83-71-59-47-36-28-40-52-64-76-88-112(110,21)111(20)87-75-63-51-39-27-34-45-57-69-81-104(106)101(13)99(11)97(9)95(7)93(5)91(3)92(4)94(6)96(8)98(10)100(12)102(14)109(111,17)18/h89-107H,22-88H2,1-21H3. The molecular formula is C112H216. The first kappa shape index (κ1) is 103. The van der Waals surface area contributed by atoms with Crippen LogP contribution in [0.25, 0.3) is 0 Å². The van der Waals surface area contributed by atoms with Crippen LogP contribution in [0.15, 0.2) is 0 Å². The van der Waals surface area contributed by atoms with Crippen LogP contribution >= 0.6 is 0 Å². The Morgan fingerprint density at radius 2 is 0.375 bits per heavy atom. The molecule has 112 heavy (non-hydrogen) atoms. The van der Waals surface area contributed by atoms with Crippen LogP contribution in [0, 0.1) is 140 Å². The molecule has 22 atom stereocenters. The van der Waals surface area contributed by atoms with Crippen LogP contribution in [-0.4, -0.2) is 0 Å². The zero-order valence-electron chi connectivity index (χ0n) is 81.8. The lowest BCUT2D eigenvalue weighted by Crippen LogP contribution is -2.60. The van der Waals surface area contributed by atoms with E-state index in [9.17, 15) is 0 Å². The molecule has 6 bridgehead atoms. The fraction of sp³-hybridized carbons (Fsp3) is 1.00. The molecule has 5 aliphatic carbocycles. The molecule has 664 valence electrons. The molecule has 0 saturated heterocycles. The van der Waals surface area contributed by atoms with Gasteiger partial charge in [-0.05, 0) is 191 Å². The van der Waals surface area contributed by atoms with Gasteiger partial charge in [0.15, 0.2) is 0 Å². The Morgan fingerprint density at radius 1 is 0.161 bits per heavy atom. The molecule has 22 unspecified atom stereocenters. The van der Waals surface area contributed by atoms with Gasteiger partial charge in [0.1, 0.15) is 0 Å². The topological polar surface area (TPSA) is 0 Å². The molecule has 0 N–H and O–H groups in total. The molecule has 0 heterocycles. The molecule has 5 aliphatic rings. The second-order valence-corrected chi connectivity index (χ2v) is 46.0. The van der Waals surface area contributed by atoms with E-state index in [-0.39, 0.29) is 21.7 Å². The maximum atomic E-state index is 3.04. The van der Waals surface area contributed by atoms with E-state index in [1.54, 1.807) is 32.1 Å². The van der Waals surface area contributed by atoms with Crippen LogP contribution in [-0.2, 0) is 0 Å². The smallest absolute Gasteiger partial charge is 0.0210 e. The molecule has 0 aromatic carbocycles. The maximum Gasteiger partial charge on any atom is -0.0210 e. The van der Waals surface area contributed by atoms with Gasteiger partial charge in [-0.25, -0.2) is 0 Å². The molecule has 5 rings (SSSR count). The minimum Gasteiger partial charge on any atom is -0.0620 e. The van der Waals surface area contributed by atoms with Gasteiger partial charge in [-0.15, -0.1) is 0 Å². The fourth-order valence-electron chi connectivity index (χ4n) is 27.4. The Balaban J connectivity index is 1.76. The van der Waals surface area contributed by atoms with Gasteiger partial charge in [0.25, 0.3) is 0 Å². The summed E-state index contributed by atoms with van der Waals surface area (Å²) in [6.45, 7) is 59.2. The summed E-state index contributed by atoms with van der Waals surface area (Å²) in [5, 5.41) is 0. The van der Waals surface area contributed by atoms with Crippen LogP contribution in [0.5, 0.6) is 0 Å². The highest BCUT2D eigenvalue weighted by Crippen LogP contribution is 2.70. The van der Waals surface area contributed by atoms with E-state index >= 15 is 0 Å². The van der Waals surface area contributed by atoms with Gasteiger partial charge in [0.2, 0.25) is 0 Å². The Morgan fingerprint density at radius 3 is 0.705 bits per heavy atom. The summed E-state index contributed by atoms with van der Waals surface area (Å²) in [5.41, 5.74) is 1.41. The predicted molar refractivity (Wildman–Crippen MR) is 507 cm³/mol. The van der Waals surface area contributed by atoms with Crippen LogP contribution in [0.2, 0.25) is 0 Å². The number of hydrogen-bond donors (Lipinski definition) is 0. The Hall–Kier alpha value is 0. The molecule has 5 saturated carbocycles. The van der Waals surface area contributed by atoms with Gasteiger partial charge in [-0.2, -0.15) is 0 Å². The van der Waals surface area contributed by atoms with E-state index in [1.807, 2.05) is 0 Å². The lowest BCUT2D eigenvalue weighted by atomic mass is 9.38. The summed E-state index contributed by atoms with van der Waals surface area (Å²) in [5.74, 6) is 14.5. The highest BCUT2D eigenvalue weighted by atomic mass is 14.7. The second kappa shape index (κ2) is 56.6. The molecule has 0 aliphatic heterocycles. The molecule has 0 aromatic rings. The molecule has 0 heteroatoms. The molecular weight excluding hydrogens is 1350 g/mol. The summed E-state index contributed by atoms with van der Waals surface area (Å²) >= 11 is 0. The van der Waals surface area contributed by atoms with Crippen LogP contribution in [0.3, 0.4) is 0 Å². The van der Waals surface area contributed by atoms with Crippen LogP contribution < -0.4 is 0 Å². The van der Waals surface area contributed by atoms with E-state index in [1.165, 1.54) is 398 Å². The quantitative estimate of drug-likeness (QED) is 0.245. The third-order valence-electron chi connectivity index (χ3n) is 39.2. The summed E-state index contributed by atoms with van der Waals surface area (Å²) in [6.07, 6.45) is 99.0. The average Bonchev–Trinajstić information content (AvgIpc) is 0.706. The Bertz CT molecular complexity index is 2230. The van der Waals surface area contributed by atoms with Crippen molar-refractivity contribution in [2.24, 2.45) is 140 Å². The summed E-state index contributed by atoms with van der Waals surface area (Å²) in [4.78, 5) is 0. The van der Waals surface area contributed by atoms with E-state index in [0.717, 1.165) is 59.2 Å². The van der Waals surface area contributed by atoms with Crippen molar-refractivity contribution in [1.29, 1.82) is 0 Å². The summed E-state index contributed by atoms with van der Waals surface area (Å²) in [6, 6.07) is 0. The lowest BCUT2D eigenvalue weighted by molar-refractivity contribution is -0.183. The van der Waals surface area contributed by atoms with Gasteiger partial charge < -0.3 is 0 Å². The predicted octanol–water partition coefficient (Wildman–Crippen LogP) is 39.2. The van der Waals surface area contributed by atoms with Crippen LogP contribution in [0.4, 0.5) is 0 Å². The summed E-state index contributed by atoms with van der Waals surface area (Å²) in [7, 11) is 0. The monoisotopic (exact) mass is 1560 g/mol. The Kier molecular flexibility index (Phi) is 51.9. The highest BCUT2D eigenvalue weighted by Gasteiger charge is 2.63. The first-order valence-electron chi connectivity index (χ1n) is 53.7. The van der Waals surface area contributed by atoms with Crippen molar-refractivity contribution in [2.45, 2.75) is 576 Å². The van der Waals surface area contributed by atoms with Crippen molar-refractivity contribution >= 4 is 0 Å². The zero-order chi connectivity index (χ0) is 81.8. The van der Waals surface area contributed by atoms with E-state index in [2.05, 4.69) is 145 Å². The SMILES string of the molecule is CC1C(C)C(C)C(C)C(C)C(C)C2CCCCCCCCCCCC(C)(C(C)(C)C(C)C(C)C(C)C(C)C(C)C1C)C1(C)CCCCCCCCCCCC2C2CCCCCCCCCCCC1(C)C(C)CCCCCCCCCCCC2C1CCCCCCCCCCCCC(C)C(C)(C)CCCCCCCCCCC1. The van der Waals surface area contributed by atoms with Crippen molar-refractivity contribution < 1.29 is 0 Å². The largest absolute Gasteiger partial charge is 0.0620 e. The van der Waals surface area contributed by atoms with Crippen molar-refractivity contribution in [3.63, 3.8) is 0 Å². The van der Waals surface area contributed by atoms with E-state index in [4.69, 9.17) is 0 Å². The van der Waals surface area contributed by atoms with E-state index < -0.39 is 0 Å². The van der Waals surface area contributed by atoms with Crippen molar-refractivity contribution in [1.82, 2.24) is 0 Å². The normalized spacial score (nSPS) is 40.1. The molecule has 0 spiro atoms. The minimum absolute atomic E-state index is 0.181. The highest BCUT2D eigenvalue weighted by molar-refractivity contribution is 5.11. The molecule has 0 radical (unpaired) electrons.